The fourth-order valence-corrected chi connectivity index (χ4v) is 4.03. The van der Waals surface area contributed by atoms with E-state index in [0.717, 1.165) is 48.2 Å². The van der Waals surface area contributed by atoms with Crippen LogP contribution in [0, 0.1) is 5.92 Å². The smallest absolute Gasteiger partial charge is 0.254 e. The van der Waals surface area contributed by atoms with Crippen molar-refractivity contribution in [3.05, 3.63) is 40.5 Å². The number of nitrogens with one attached hydrogen (secondary N) is 1. The van der Waals surface area contributed by atoms with Crippen molar-refractivity contribution in [2.75, 3.05) is 26.7 Å². The number of hydrogen-bond donors (Lipinski definition) is 1. The van der Waals surface area contributed by atoms with Crippen LogP contribution < -0.4 is 5.32 Å². The Kier molecular flexibility index (Phi) is 4.65. The summed E-state index contributed by atoms with van der Waals surface area (Å²) in [7, 11) is 1.97. The van der Waals surface area contributed by atoms with Gasteiger partial charge in [-0.05, 0) is 69.5 Å². The quantitative estimate of drug-likeness (QED) is 0.904. The Balaban J connectivity index is 1.71. The van der Waals surface area contributed by atoms with Gasteiger partial charge in [0, 0.05) is 35.1 Å². The molecule has 2 aliphatic rings. The lowest BCUT2D eigenvalue weighted by atomic mass is 9.96. The van der Waals surface area contributed by atoms with E-state index in [2.05, 4.69) is 5.32 Å². The van der Waals surface area contributed by atoms with Crippen LogP contribution in [0.3, 0.4) is 0 Å². The molecule has 0 bridgehead atoms. The summed E-state index contributed by atoms with van der Waals surface area (Å²) >= 11 is 6.20. The Morgan fingerprint density at radius 3 is 2.92 bits per heavy atom. The first-order chi connectivity index (χ1) is 12.2. The summed E-state index contributed by atoms with van der Waals surface area (Å²) in [5.41, 5.74) is 2.70. The molecule has 1 unspecified atom stereocenters. The van der Waals surface area contributed by atoms with E-state index >= 15 is 0 Å². The number of carbonyl (C=O) groups is 1. The first kappa shape index (κ1) is 16.8. The summed E-state index contributed by atoms with van der Waals surface area (Å²) in [6, 6.07) is 7.68. The molecule has 2 aromatic rings. The van der Waals surface area contributed by atoms with Crippen molar-refractivity contribution in [1.29, 1.82) is 0 Å². The third kappa shape index (κ3) is 3.51. The maximum Gasteiger partial charge on any atom is 0.254 e. The highest BCUT2D eigenvalue weighted by molar-refractivity contribution is 6.31. The second-order valence-corrected chi connectivity index (χ2v) is 7.78. The highest BCUT2D eigenvalue weighted by Crippen LogP contribution is 2.40. The normalized spacial score (nSPS) is 20.9. The largest absolute Gasteiger partial charge is 0.338 e. The number of carbonyl (C=O) groups excluding carboxylic acids is 1. The number of aromatic nitrogens is 1. The molecule has 1 aromatic heterocycles. The third-order valence-corrected chi connectivity index (χ3v) is 5.55. The maximum absolute atomic E-state index is 13.3. The number of benzene rings is 1. The molecule has 5 heteroatoms. The highest BCUT2D eigenvalue weighted by atomic mass is 35.5. The van der Waals surface area contributed by atoms with Gasteiger partial charge in [0.05, 0.1) is 11.1 Å². The average Bonchev–Trinajstić information content (AvgIpc) is 3.46. The van der Waals surface area contributed by atoms with Crippen LogP contribution in [0.15, 0.2) is 24.3 Å². The molecular formula is C20H24ClN3O. The maximum atomic E-state index is 13.3. The van der Waals surface area contributed by atoms with Gasteiger partial charge in [-0.25, -0.2) is 0 Å². The topological polar surface area (TPSA) is 45.2 Å². The lowest BCUT2D eigenvalue weighted by molar-refractivity contribution is 0.0676. The summed E-state index contributed by atoms with van der Waals surface area (Å²) in [5, 5.41) is 4.76. The second-order valence-electron chi connectivity index (χ2n) is 7.35. The van der Waals surface area contributed by atoms with Crippen LogP contribution in [0.1, 0.15) is 47.7 Å². The molecule has 2 heterocycles. The van der Waals surface area contributed by atoms with Crippen LogP contribution in [-0.2, 0) is 0 Å². The zero-order valence-electron chi connectivity index (χ0n) is 14.6. The first-order valence-corrected chi connectivity index (χ1v) is 9.57. The van der Waals surface area contributed by atoms with E-state index in [9.17, 15) is 4.79 Å². The third-order valence-electron chi connectivity index (χ3n) is 5.32. The molecule has 1 atom stereocenters. The highest BCUT2D eigenvalue weighted by Gasteiger charge is 2.29. The molecule has 1 saturated carbocycles. The van der Waals surface area contributed by atoms with Gasteiger partial charge >= 0.3 is 0 Å². The number of pyridine rings is 1. The molecule has 1 N–H and O–H groups in total. The molecule has 132 valence electrons. The number of rotatable bonds is 4. The lowest BCUT2D eigenvalue weighted by Crippen LogP contribution is -2.42. The molecule has 25 heavy (non-hydrogen) atoms. The first-order valence-electron chi connectivity index (χ1n) is 9.20. The molecule has 1 aliphatic heterocycles. The summed E-state index contributed by atoms with van der Waals surface area (Å²) in [4.78, 5) is 20.1. The van der Waals surface area contributed by atoms with E-state index < -0.39 is 0 Å². The molecule has 1 aliphatic carbocycles. The van der Waals surface area contributed by atoms with Crippen molar-refractivity contribution < 1.29 is 4.79 Å². The number of amides is 1. The van der Waals surface area contributed by atoms with E-state index in [0.29, 0.717) is 16.9 Å². The van der Waals surface area contributed by atoms with E-state index in [4.69, 9.17) is 16.6 Å². The van der Waals surface area contributed by atoms with E-state index in [1.54, 1.807) is 0 Å². The van der Waals surface area contributed by atoms with Crippen LogP contribution in [0.2, 0.25) is 5.02 Å². The molecule has 1 saturated heterocycles. The molecular weight excluding hydrogens is 334 g/mol. The average molecular weight is 358 g/mol. The molecule has 0 radical (unpaired) electrons. The van der Waals surface area contributed by atoms with Crippen molar-refractivity contribution in [2.24, 2.45) is 5.92 Å². The molecule has 4 rings (SSSR count). The van der Waals surface area contributed by atoms with Crippen molar-refractivity contribution >= 4 is 28.4 Å². The Labute approximate surface area is 153 Å². The minimum absolute atomic E-state index is 0.123. The van der Waals surface area contributed by atoms with Gasteiger partial charge < -0.3 is 10.2 Å². The SMILES string of the molecule is CNCC1CCCN(C(=O)c2cc(C3CC3)nc3ccc(Cl)cc23)C1. The van der Waals surface area contributed by atoms with Crippen LogP contribution >= 0.6 is 11.6 Å². The van der Waals surface area contributed by atoms with Crippen molar-refractivity contribution in [2.45, 2.75) is 31.6 Å². The van der Waals surface area contributed by atoms with Crippen molar-refractivity contribution in [1.82, 2.24) is 15.2 Å². The zero-order chi connectivity index (χ0) is 17.4. The molecule has 2 fully saturated rings. The minimum Gasteiger partial charge on any atom is -0.338 e. The Hall–Kier alpha value is -1.65. The molecule has 1 amide bonds. The zero-order valence-corrected chi connectivity index (χ0v) is 15.4. The number of hydrogen-bond acceptors (Lipinski definition) is 3. The van der Waals surface area contributed by atoms with Crippen molar-refractivity contribution in [3.63, 3.8) is 0 Å². The van der Waals surface area contributed by atoms with Crippen LogP contribution in [-0.4, -0.2) is 42.5 Å². The minimum atomic E-state index is 0.123. The summed E-state index contributed by atoms with van der Waals surface area (Å²) in [5.74, 6) is 1.17. The molecule has 4 nitrogen and oxygen atoms in total. The van der Waals surface area contributed by atoms with Crippen LogP contribution in [0.25, 0.3) is 10.9 Å². The van der Waals surface area contributed by atoms with Gasteiger partial charge in [-0.2, -0.15) is 0 Å². The Morgan fingerprint density at radius 2 is 2.16 bits per heavy atom. The summed E-state index contributed by atoms with van der Waals surface area (Å²) in [6.07, 6.45) is 4.60. The van der Waals surface area contributed by atoms with Gasteiger partial charge in [0.1, 0.15) is 0 Å². The predicted molar refractivity (Wildman–Crippen MR) is 101 cm³/mol. The van der Waals surface area contributed by atoms with Gasteiger partial charge in [-0.3, -0.25) is 9.78 Å². The standard InChI is InChI=1S/C20H24ClN3O/c1-22-11-13-3-2-8-24(12-13)20(25)17-10-19(14-4-5-14)23-18-7-6-15(21)9-16(17)18/h6-7,9-10,13-14,22H,2-5,8,11-12H2,1H3. The van der Waals surface area contributed by atoms with Crippen LogP contribution in [0.4, 0.5) is 0 Å². The number of nitrogens with zero attached hydrogens (tertiary/aromatic N) is 2. The Morgan fingerprint density at radius 1 is 1.32 bits per heavy atom. The van der Waals surface area contributed by atoms with E-state index in [1.165, 1.54) is 19.3 Å². The molecule has 0 spiro atoms. The summed E-state index contributed by atoms with van der Waals surface area (Å²) in [6.45, 7) is 2.62. The van der Waals surface area contributed by atoms with Gasteiger partial charge in [-0.15, -0.1) is 0 Å². The monoisotopic (exact) mass is 357 g/mol. The fourth-order valence-electron chi connectivity index (χ4n) is 3.86. The molecule has 1 aromatic carbocycles. The number of piperidine rings is 1. The lowest BCUT2D eigenvalue weighted by Gasteiger charge is -2.33. The van der Waals surface area contributed by atoms with Crippen molar-refractivity contribution in [3.8, 4) is 0 Å². The van der Waals surface area contributed by atoms with Gasteiger partial charge in [0.25, 0.3) is 5.91 Å². The van der Waals surface area contributed by atoms with Crippen LogP contribution in [0.5, 0.6) is 0 Å². The predicted octanol–water partition coefficient (Wildman–Crippen LogP) is 3.84. The van der Waals surface area contributed by atoms with Gasteiger partial charge in [0.15, 0.2) is 0 Å². The summed E-state index contributed by atoms with van der Waals surface area (Å²) < 4.78 is 0. The number of fused-ring (bicyclic) bond motifs is 1. The number of likely N-dealkylation sites (tertiary alicyclic amines) is 1. The van der Waals surface area contributed by atoms with Gasteiger partial charge in [-0.1, -0.05) is 11.6 Å². The second kappa shape index (κ2) is 6.93. The van der Waals surface area contributed by atoms with Gasteiger partial charge in [0.2, 0.25) is 0 Å². The Bertz CT molecular complexity index is 801. The van der Waals surface area contributed by atoms with E-state index in [1.807, 2.05) is 36.2 Å². The fraction of sp³-hybridized carbons (Fsp3) is 0.500. The number of halogens is 1. The van der Waals surface area contributed by atoms with E-state index in [-0.39, 0.29) is 5.91 Å².